The van der Waals surface area contributed by atoms with Crippen molar-refractivity contribution in [3.8, 4) is 0 Å². The van der Waals surface area contributed by atoms with Crippen molar-refractivity contribution in [1.82, 2.24) is 0 Å². The van der Waals surface area contributed by atoms with E-state index in [1.807, 2.05) is 0 Å². The number of hydrogen-bond acceptors (Lipinski definition) is 8. The van der Waals surface area contributed by atoms with Crippen LogP contribution in [0.4, 0.5) is 0 Å². The average molecular weight is 266 g/mol. The minimum absolute atomic E-state index is 0.0190. The van der Waals surface area contributed by atoms with Crippen molar-refractivity contribution in [3.05, 3.63) is 0 Å². The van der Waals surface area contributed by atoms with Crippen molar-refractivity contribution in [3.63, 3.8) is 0 Å². The number of rotatable bonds is 4. The third-order valence-corrected chi connectivity index (χ3v) is 3.18. The highest BCUT2D eigenvalue weighted by molar-refractivity contribution is 4.87. The minimum Gasteiger partial charge on any atom is -0.394 e. The molecule has 0 aromatic heterocycles. The molecule has 2 saturated heterocycles. The van der Waals surface area contributed by atoms with Crippen LogP contribution in [0.2, 0.25) is 0 Å². The van der Waals surface area contributed by atoms with Crippen LogP contribution in [-0.4, -0.2) is 88.3 Å². The van der Waals surface area contributed by atoms with Gasteiger partial charge >= 0.3 is 0 Å². The molecule has 0 aromatic carbocycles. The monoisotopic (exact) mass is 266 g/mol. The molecule has 0 aromatic rings. The molecule has 0 saturated carbocycles. The van der Waals surface area contributed by atoms with E-state index in [2.05, 4.69) is 0 Å². The van der Waals surface area contributed by atoms with Crippen molar-refractivity contribution in [2.45, 2.75) is 42.9 Å². The van der Waals surface area contributed by atoms with E-state index in [-0.39, 0.29) is 13.2 Å². The van der Waals surface area contributed by atoms with E-state index in [1.165, 1.54) is 0 Å². The summed E-state index contributed by atoms with van der Waals surface area (Å²) in [5.74, 6) is 0. The van der Waals surface area contributed by atoms with Crippen LogP contribution in [0.5, 0.6) is 0 Å². The van der Waals surface area contributed by atoms with Crippen LogP contribution in [-0.2, 0) is 14.2 Å². The van der Waals surface area contributed by atoms with Gasteiger partial charge in [-0.3, -0.25) is 0 Å². The third-order valence-electron chi connectivity index (χ3n) is 3.18. The highest BCUT2D eigenvalue weighted by Crippen LogP contribution is 2.23. The summed E-state index contributed by atoms with van der Waals surface area (Å²) in [6.45, 7) is -0.505. The summed E-state index contributed by atoms with van der Waals surface area (Å²) in [5, 5.41) is 46.7. The van der Waals surface area contributed by atoms with Crippen LogP contribution in [0.15, 0.2) is 0 Å². The van der Waals surface area contributed by atoms with E-state index >= 15 is 0 Å². The lowest BCUT2D eigenvalue weighted by Crippen LogP contribution is -2.38. The standard InChI is InChI=1S/C10H18O8/c11-1-5-8(14)9(15)10(18-5)17-3-6-7(13)4(12)2-16-6/h4-15H,1-3H2/t4-,5-,6-,7+,8-,9+,10?/m1/s1. The van der Waals surface area contributed by atoms with Gasteiger partial charge in [-0.1, -0.05) is 0 Å². The number of aliphatic hydroxyl groups is 5. The van der Waals surface area contributed by atoms with Crippen LogP contribution in [0.25, 0.3) is 0 Å². The molecule has 8 nitrogen and oxygen atoms in total. The van der Waals surface area contributed by atoms with Gasteiger partial charge in [0.1, 0.15) is 36.6 Å². The van der Waals surface area contributed by atoms with Gasteiger partial charge in [0.05, 0.1) is 19.8 Å². The number of hydrogen-bond donors (Lipinski definition) is 5. The van der Waals surface area contributed by atoms with Crippen LogP contribution in [0.1, 0.15) is 0 Å². The summed E-state index contributed by atoms with van der Waals surface area (Å²) in [4.78, 5) is 0. The topological polar surface area (TPSA) is 129 Å². The first kappa shape index (κ1) is 14.1. The first-order valence-electron chi connectivity index (χ1n) is 5.76. The molecule has 2 fully saturated rings. The predicted octanol–water partition coefficient (Wildman–Crippen LogP) is -3.44. The van der Waals surface area contributed by atoms with Gasteiger partial charge < -0.3 is 39.7 Å². The fourth-order valence-corrected chi connectivity index (χ4v) is 2.01. The van der Waals surface area contributed by atoms with Gasteiger partial charge in [-0.05, 0) is 0 Å². The molecule has 8 heteroatoms. The molecule has 2 aliphatic rings. The van der Waals surface area contributed by atoms with Gasteiger partial charge in [0, 0.05) is 0 Å². The summed E-state index contributed by atoms with van der Waals surface area (Å²) in [6, 6.07) is 0. The Morgan fingerprint density at radius 1 is 1.00 bits per heavy atom. The Morgan fingerprint density at radius 3 is 2.22 bits per heavy atom. The molecule has 0 aliphatic carbocycles. The molecule has 1 unspecified atom stereocenters. The zero-order chi connectivity index (χ0) is 13.3. The van der Waals surface area contributed by atoms with Crippen LogP contribution >= 0.6 is 0 Å². The van der Waals surface area contributed by atoms with Gasteiger partial charge in [0.15, 0.2) is 6.29 Å². The van der Waals surface area contributed by atoms with Crippen molar-refractivity contribution in [1.29, 1.82) is 0 Å². The highest BCUT2D eigenvalue weighted by Gasteiger charge is 2.44. The zero-order valence-electron chi connectivity index (χ0n) is 9.62. The molecule has 18 heavy (non-hydrogen) atoms. The molecule has 0 spiro atoms. The molecule has 2 rings (SSSR count). The van der Waals surface area contributed by atoms with Crippen molar-refractivity contribution >= 4 is 0 Å². The normalized spacial score (nSPS) is 48.8. The Bertz CT molecular complexity index is 275. The molecule has 5 N–H and O–H groups in total. The van der Waals surface area contributed by atoms with Gasteiger partial charge in [0.2, 0.25) is 0 Å². The van der Waals surface area contributed by atoms with Crippen LogP contribution in [0.3, 0.4) is 0 Å². The van der Waals surface area contributed by atoms with Crippen molar-refractivity contribution in [2.75, 3.05) is 19.8 Å². The third kappa shape index (κ3) is 2.65. The summed E-state index contributed by atoms with van der Waals surface area (Å²) in [6.07, 6.45) is -7.20. The second-order valence-electron chi connectivity index (χ2n) is 4.47. The van der Waals surface area contributed by atoms with E-state index in [1.54, 1.807) is 0 Å². The summed E-state index contributed by atoms with van der Waals surface area (Å²) in [7, 11) is 0. The summed E-state index contributed by atoms with van der Waals surface area (Å²) < 4.78 is 15.3. The molecule has 0 radical (unpaired) electrons. The summed E-state index contributed by atoms with van der Waals surface area (Å²) >= 11 is 0. The maximum absolute atomic E-state index is 9.59. The SMILES string of the molecule is OC[C@H]1OC(OC[C@H]2OC[C@@H](O)[C@@H]2O)[C@@H](O)[C@@H]1O. The Morgan fingerprint density at radius 2 is 1.72 bits per heavy atom. The zero-order valence-corrected chi connectivity index (χ0v) is 9.62. The summed E-state index contributed by atoms with van der Waals surface area (Å²) in [5.41, 5.74) is 0. The van der Waals surface area contributed by atoms with E-state index in [9.17, 15) is 20.4 Å². The first-order valence-corrected chi connectivity index (χ1v) is 5.76. The lowest BCUT2D eigenvalue weighted by molar-refractivity contribution is -0.186. The molecule has 0 bridgehead atoms. The second-order valence-corrected chi connectivity index (χ2v) is 4.47. The van der Waals surface area contributed by atoms with E-state index in [4.69, 9.17) is 19.3 Å². The Balaban J connectivity index is 1.81. The molecule has 2 heterocycles. The molecule has 0 amide bonds. The number of ether oxygens (including phenoxy) is 3. The highest BCUT2D eigenvalue weighted by atomic mass is 16.7. The first-order chi connectivity index (χ1) is 8.54. The predicted molar refractivity (Wildman–Crippen MR) is 55.5 cm³/mol. The van der Waals surface area contributed by atoms with Crippen LogP contribution < -0.4 is 0 Å². The van der Waals surface area contributed by atoms with Gasteiger partial charge in [-0.2, -0.15) is 0 Å². The molecular weight excluding hydrogens is 248 g/mol. The molecule has 106 valence electrons. The average Bonchev–Trinajstić information content (AvgIpc) is 2.82. The van der Waals surface area contributed by atoms with Gasteiger partial charge in [0.25, 0.3) is 0 Å². The Kier molecular flexibility index (Phi) is 4.51. The lowest BCUT2D eigenvalue weighted by atomic mass is 10.1. The maximum Gasteiger partial charge on any atom is 0.186 e. The Hall–Kier alpha value is -0.320. The van der Waals surface area contributed by atoms with Crippen molar-refractivity contribution < 1.29 is 39.7 Å². The smallest absolute Gasteiger partial charge is 0.186 e. The van der Waals surface area contributed by atoms with Gasteiger partial charge in [-0.15, -0.1) is 0 Å². The molecule has 2 aliphatic heterocycles. The number of aliphatic hydroxyl groups excluding tert-OH is 5. The minimum atomic E-state index is -1.27. The largest absolute Gasteiger partial charge is 0.394 e. The van der Waals surface area contributed by atoms with Crippen molar-refractivity contribution in [2.24, 2.45) is 0 Å². The maximum atomic E-state index is 9.59. The van der Waals surface area contributed by atoms with Gasteiger partial charge in [-0.25, -0.2) is 0 Å². The lowest BCUT2D eigenvalue weighted by Gasteiger charge is -2.20. The fourth-order valence-electron chi connectivity index (χ4n) is 2.01. The second kappa shape index (κ2) is 5.76. The van der Waals surface area contributed by atoms with E-state index in [0.717, 1.165) is 0 Å². The molecular formula is C10H18O8. The van der Waals surface area contributed by atoms with E-state index in [0.29, 0.717) is 0 Å². The van der Waals surface area contributed by atoms with Crippen LogP contribution in [0, 0.1) is 0 Å². The molecule has 7 atom stereocenters. The quantitative estimate of drug-likeness (QED) is 0.355. The fraction of sp³-hybridized carbons (Fsp3) is 1.00. The van der Waals surface area contributed by atoms with E-state index < -0.39 is 49.5 Å². The Labute approximate surface area is 103 Å².